The second-order valence-electron chi connectivity index (χ2n) is 4.17. The molecule has 0 amide bonds. The van der Waals surface area contributed by atoms with Crippen LogP contribution < -0.4 is 0 Å². The van der Waals surface area contributed by atoms with Crippen LogP contribution in [0.3, 0.4) is 0 Å². The molecule has 1 heteroatoms. The molecule has 62 valence electrons. The number of hydrogen-bond donors (Lipinski definition) is 0. The van der Waals surface area contributed by atoms with E-state index in [-0.39, 0.29) is 0 Å². The van der Waals surface area contributed by atoms with Gasteiger partial charge in [0.25, 0.3) is 0 Å². The lowest BCUT2D eigenvalue weighted by Gasteiger charge is -2.34. The van der Waals surface area contributed by atoms with Crippen LogP contribution >= 0.6 is 0 Å². The average Bonchev–Trinajstić information content (AvgIpc) is 2.66. The van der Waals surface area contributed by atoms with Crippen molar-refractivity contribution in [3.63, 3.8) is 0 Å². The van der Waals surface area contributed by atoms with Crippen molar-refractivity contribution in [3.05, 3.63) is 12.3 Å². The van der Waals surface area contributed by atoms with Crippen molar-refractivity contribution < 1.29 is 0 Å². The number of allylic oxidation sites excluding steroid dienone is 1. The van der Waals surface area contributed by atoms with Crippen LogP contribution in [0, 0.1) is 11.8 Å². The largest absolute Gasteiger partial charge is 0.373 e. The number of rotatable bonds is 1. The Morgan fingerprint density at radius 1 is 1.55 bits per heavy atom. The third-order valence-electron chi connectivity index (χ3n) is 3.08. The quantitative estimate of drug-likeness (QED) is 0.555. The molecular weight excluding hydrogens is 134 g/mol. The van der Waals surface area contributed by atoms with Gasteiger partial charge in [-0.3, -0.25) is 0 Å². The minimum Gasteiger partial charge on any atom is -0.373 e. The second-order valence-corrected chi connectivity index (χ2v) is 4.17. The molecule has 0 bridgehead atoms. The lowest BCUT2D eigenvalue weighted by atomic mass is 10.1. The number of piperidine rings is 1. The fourth-order valence-corrected chi connectivity index (χ4v) is 2.23. The molecule has 2 unspecified atom stereocenters. The molecule has 2 atom stereocenters. The van der Waals surface area contributed by atoms with Crippen LogP contribution in [0.25, 0.3) is 0 Å². The molecule has 1 heterocycles. The molecule has 1 saturated carbocycles. The average molecular weight is 151 g/mol. The van der Waals surface area contributed by atoms with Crippen LogP contribution in [0.2, 0.25) is 0 Å². The first-order valence-corrected chi connectivity index (χ1v) is 4.65. The molecule has 0 N–H and O–H groups in total. The zero-order chi connectivity index (χ0) is 8.01. The molecular formula is C10H17N. The minimum absolute atomic E-state index is 0.657. The van der Waals surface area contributed by atoms with E-state index >= 15 is 0 Å². The van der Waals surface area contributed by atoms with Crippen LogP contribution in [-0.4, -0.2) is 17.5 Å². The molecule has 1 aliphatic carbocycles. The van der Waals surface area contributed by atoms with Crippen molar-refractivity contribution in [2.75, 3.05) is 6.54 Å². The van der Waals surface area contributed by atoms with Crippen LogP contribution in [0.4, 0.5) is 0 Å². The summed E-state index contributed by atoms with van der Waals surface area (Å²) in [7, 11) is 0. The van der Waals surface area contributed by atoms with Gasteiger partial charge >= 0.3 is 0 Å². The Hall–Kier alpha value is -0.460. The first-order valence-electron chi connectivity index (χ1n) is 4.65. The predicted molar refractivity (Wildman–Crippen MR) is 47.2 cm³/mol. The van der Waals surface area contributed by atoms with E-state index in [2.05, 4.69) is 25.3 Å². The highest BCUT2D eigenvalue weighted by atomic mass is 15.2. The topological polar surface area (TPSA) is 3.24 Å². The smallest absolute Gasteiger partial charge is 0.0230 e. The summed E-state index contributed by atoms with van der Waals surface area (Å²) < 4.78 is 0. The van der Waals surface area contributed by atoms with Crippen molar-refractivity contribution in [2.45, 2.75) is 32.7 Å². The molecule has 0 spiro atoms. The van der Waals surface area contributed by atoms with Crippen LogP contribution in [0.1, 0.15) is 26.7 Å². The van der Waals surface area contributed by atoms with Gasteiger partial charge in [-0.15, -0.1) is 0 Å². The molecule has 11 heavy (non-hydrogen) atoms. The minimum atomic E-state index is 0.657. The van der Waals surface area contributed by atoms with Crippen molar-refractivity contribution in [2.24, 2.45) is 11.8 Å². The highest BCUT2D eigenvalue weighted by molar-refractivity contribution is 5.15. The first kappa shape index (κ1) is 7.20. The normalized spacial score (nSPS) is 35.9. The first-order chi connectivity index (χ1) is 5.20. The maximum Gasteiger partial charge on any atom is 0.0230 e. The summed E-state index contributed by atoms with van der Waals surface area (Å²) in [5.41, 5.74) is 1.41. The molecule has 2 rings (SSSR count). The highest BCUT2D eigenvalue weighted by Gasteiger charge is 2.44. The van der Waals surface area contributed by atoms with Gasteiger partial charge in [0.15, 0.2) is 0 Å². The van der Waals surface area contributed by atoms with Crippen LogP contribution in [0.5, 0.6) is 0 Å². The fraction of sp³-hybridized carbons (Fsp3) is 0.800. The summed E-state index contributed by atoms with van der Waals surface area (Å²) in [6.45, 7) is 9.93. The monoisotopic (exact) mass is 151 g/mol. The molecule has 0 aromatic rings. The van der Waals surface area contributed by atoms with Gasteiger partial charge in [0.2, 0.25) is 0 Å². The van der Waals surface area contributed by atoms with Gasteiger partial charge in [0.1, 0.15) is 0 Å². The van der Waals surface area contributed by atoms with E-state index < -0.39 is 0 Å². The Kier molecular flexibility index (Phi) is 1.48. The Morgan fingerprint density at radius 2 is 2.27 bits per heavy atom. The maximum atomic E-state index is 4.17. The van der Waals surface area contributed by atoms with Crippen LogP contribution in [0.15, 0.2) is 12.3 Å². The number of likely N-dealkylation sites (tertiary alicyclic amines) is 1. The number of hydrogen-bond acceptors (Lipinski definition) is 1. The van der Waals surface area contributed by atoms with Gasteiger partial charge in [-0.25, -0.2) is 0 Å². The molecule has 0 radical (unpaired) electrons. The molecule has 1 aliphatic heterocycles. The highest BCUT2D eigenvalue weighted by Crippen LogP contribution is 2.50. The van der Waals surface area contributed by atoms with E-state index in [4.69, 9.17) is 0 Å². The summed E-state index contributed by atoms with van der Waals surface area (Å²) >= 11 is 0. The number of nitrogens with zero attached hydrogens (tertiary/aromatic N) is 1. The third-order valence-corrected chi connectivity index (χ3v) is 3.08. The molecule has 1 nitrogen and oxygen atoms in total. The molecule has 1 saturated heterocycles. The maximum absolute atomic E-state index is 4.17. The summed E-state index contributed by atoms with van der Waals surface area (Å²) in [5.74, 6) is 1.88. The summed E-state index contributed by atoms with van der Waals surface area (Å²) in [6, 6.07) is 0.657. The number of fused-ring (bicyclic) bond motifs is 1. The zero-order valence-electron chi connectivity index (χ0n) is 7.51. The van der Waals surface area contributed by atoms with Crippen molar-refractivity contribution in [1.29, 1.82) is 0 Å². The Morgan fingerprint density at radius 3 is 2.91 bits per heavy atom. The van der Waals surface area contributed by atoms with Crippen molar-refractivity contribution >= 4 is 0 Å². The Balaban J connectivity index is 2.05. The zero-order valence-corrected chi connectivity index (χ0v) is 7.51. The summed E-state index contributed by atoms with van der Waals surface area (Å²) in [6.07, 6.45) is 2.82. The van der Waals surface area contributed by atoms with E-state index in [9.17, 15) is 0 Å². The molecule has 0 aromatic carbocycles. The third kappa shape index (κ3) is 1.07. The second kappa shape index (κ2) is 2.26. The van der Waals surface area contributed by atoms with Gasteiger partial charge in [-0.05, 0) is 32.6 Å². The van der Waals surface area contributed by atoms with Crippen LogP contribution in [-0.2, 0) is 0 Å². The van der Waals surface area contributed by atoms with E-state index in [0.29, 0.717) is 6.04 Å². The van der Waals surface area contributed by atoms with Gasteiger partial charge in [0.05, 0.1) is 0 Å². The molecule has 0 aromatic heterocycles. The van der Waals surface area contributed by atoms with Gasteiger partial charge < -0.3 is 4.90 Å². The van der Waals surface area contributed by atoms with E-state index in [1.165, 1.54) is 25.1 Å². The van der Waals surface area contributed by atoms with E-state index in [1.807, 2.05) is 0 Å². The molecule has 2 fully saturated rings. The summed E-state index contributed by atoms with van der Waals surface area (Å²) in [4.78, 5) is 2.47. The molecule has 2 aliphatic rings. The van der Waals surface area contributed by atoms with E-state index in [1.54, 1.807) is 0 Å². The standard InChI is InChI=1S/C10H17N/c1-7(2)11-5-4-9-6-10(9)8(11)3/h7,9-10H,3-6H2,1-2H3. The van der Waals surface area contributed by atoms with Gasteiger partial charge in [-0.2, -0.15) is 0 Å². The Bertz CT molecular complexity index is 183. The van der Waals surface area contributed by atoms with Gasteiger partial charge in [-0.1, -0.05) is 6.58 Å². The van der Waals surface area contributed by atoms with Gasteiger partial charge in [0, 0.05) is 24.2 Å². The SMILES string of the molecule is C=C1C2CC2CCN1C(C)C. The van der Waals surface area contributed by atoms with Crippen molar-refractivity contribution in [3.8, 4) is 0 Å². The fourth-order valence-electron chi connectivity index (χ4n) is 2.23. The predicted octanol–water partition coefficient (Wildman–Crippen LogP) is 2.25. The van der Waals surface area contributed by atoms with E-state index in [0.717, 1.165) is 11.8 Å². The summed E-state index contributed by atoms with van der Waals surface area (Å²) in [5, 5.41) is 0. The Labute approximate surface area is 69.1 Å². The lowest BCUT2D eigenvalue weighted by molar-refractivity contribution is 0.236. The van der Waals surface area contributed by atoms with Crippen molar-refractivity contribution in [1.82, 2.24) is 4.90 Å². The lowest BCUT2D eigenvalue weighted by Crippen LogP contribution is -2.34.